The van der Waals surface area contributed by atoms with Gasteiger partial charge >= 0.3 is 0 Å². The maximum atomic E-state index is 10.0. The normalized spacial score (nSPS) is 11.0. The number of phenols is 1. The molecule has 120 valence electrons. The van der Waals surface area contributed by atoms with E-state index < -0.39 is 0 Å². The number of aryl methyl sites for hydroxylation is 1. The first-order chi connectivity index (χ1) is 11.7. The average Bonchev–Trinajstić information content (AvgIpc) is 3.15. The van der Waals surface area contributed by atoms with Crippen molar-refractivity contribution in [2.75, 3.05) is 0 Å². The first-order valence-electron chi connectivity index (χ1n) is 7.52. The summed E-state index contributed by atoms with van der Waals surface area (Å²) in [5, 5.41) is 16.5. The zero-order valence-corrected chi connectivity index (χ0v) is 13.8. The van der Waals surface area contributed by atoms with Gasteiger partial charge in [-0.2, -0.15) is 4.98 Å². The minimum absolute atomic E-state index is 0.227. The van der Waals surface area contributed by atoms with Crippen LogP contribution in [0.1, 0.15) is 11.4 Å². The molecule has 0 spiro atoms. The molecule has 1 N–H and O–H groups in total. The van der Waals surface area contributed by atoms with Gasteiger partial charge < -0.3 is 9.84 Å². The van der Waals surface area contributed by atoms with E-state index in [4.69, 9.17) is 4.74 Å². The summed E-state index contributed by atoms with van der Waals surface area (Å²) >= 11 is 1.48. The molecule has 0 aliphatic heterocycles. The summed E-state index contributed by atoms with van der Waals surface area (Å²) in [6, 6.07) is 15.1. The molecule has 24 heavy (non-hydrogen) atoms. The summed E-state index contributed by atoms with van der Waals surface area (Å²) < 4.78 is 7.48. The molecule has 5 nitrogen and oxygen atoms in total. The number of thiazole rings is 1. The molecule has 0 radical (unpaired) electrons. The fraction of sp³-hybridized carbons (Fsp3) is 0.111. The number of fused-ring (bicyclic) bond motifs is 1. The van der Waals surface area contributed by atoms with E-state index in [9.17, 15) is 5.11 Å². The lowest BCUT2D eigenvalue weighted by atomic mass is 10.1. The molecule has 0 saturated heterocycles. The molecule has 0 aliphatic rings. The molecule has 0 atom stereocenters. The predicted octanol–water partition coefficient (Wildman–Crippen LogP) is 4.05. The van der Waals surface area contributed by atoms with E-state index in [0.717, 1.165) is 22.0 Å². The number of ether oxygens (including phenoxy) is 1. The topological polar surface area (TPSA) is 59.7 Å². The summed E-state index contributed by atoms with van der Waals surface area (Å²) in [6.07, 6.45) is 0. The highest BCUT2D eigenvalue weighted by molar-refractivity contribution is 7.15. The van der Waals surface area contributed by atoms with Crippen molar-refractivity contribution in [2.24, 2.45) is 0 Å². The monoisotopic (exact) mass is 337 g/mol. The Morgan fingerprint density at radius 2 is 1.92 bits per heavy atom. The number of nitrogens with zero attached hydrogens (tertiary/aromatic N) is 3. The van der Waals surface area contributed by atoms with E-state index in [1.54, 1.807) is 16.6 Å². The lowest BCUT2D eigenvalue weighted by Gasteiger charge is -2.03. The number of rotatable bonds is 4. The molecular weight excluding hydrogens is 322 g/mol. The minimum atomic E-state index is 0.227. The Morgan fingerprint density at radius 3 is 2.71 bits per heavy atom. The lowest BCUT2D eigenvalue weighted by Crippen LogP contribution is -1.98. The quantitative estimate of drug-likeness (QED) is 0.610. The third kappa shape index (κ3) is 2.72. The van der Waals surface area contributed by atoms with E-state index in [0.29, 0.717) is 12.4 Å². The molecule has 4 aromatic rings. The van der Waals surface area contributed by atoms with Gasteiger partial charge in [0.15, 0.2) is 5.82 Å². The molecule has 0 unspecified atom stereocenters. The zero-order chi connectivity index (χ0) is 16.5. The van der Waals surface area contributed by atoms with Crippen molar-refractivity contribution in [2.45, 2.75) is 13.5 Å². The van der Waals surface area contributed by atoms with Gasteiger partial charge in [0.1, 0.15) is 18.1 Å². The van der Waals surface area contributed by atoms with Gasteiger partial charge in [0.25, 0.3) is 0 Å². The van der Waals surface area contributed by atoms with Gasteiger partial charge in [-0.05, 0) is 31.2 Å². The summed E-state index contributed by atoms with van der Waals surface area (Å²) in [6.45, 7) is 2.34. The second-order valence-corrected chi connectivity index (χ2v) is 6.30. The molecule has 0 amide bonds. The van der Waals surface area contributed by atoms with Crippen LogP contribution < -0.4 is 4.74 Å². The van der Waals surface area contributed by atoms with Crippen molar-refractivity contribution in [1.82, 2.24) is 14.6 Å². The van der Waals surface area contributed by atoms with Crippen molar-refractivity contribution in [3.05, 3.63) is 65.3 Å². The fourth-order valence-electron chi connectivity index (χ4n) is 2.44. The Morgan fingerprint density at radius 1 is 1.12 bits per heavy atom. The highest BCUT2D eigenvalue weighted by atomic mass is 32.1. The van der Waals surface area contributed by atoms with Crippen LogP contribution in [0.3, 0.4) is 0 Å². The molecule has 0 saturated carbocycles. The molecule has 6 heteroatoms. The second-order valence-electron chi connectivity index (χ2n) is 5.46. The molecule has 2 aromatic heterocycles. The zero-order valence-electron chi connectivity index (χ0n) is 13.0. The van der Waals surface area contributed by atoms with Crippen molar-refractivity contribution in [3.8, 4) is 22.8 Å². The van der Waals surface area contributed by atoms with Crippen molar-refractivity contribution in [3.63, 3.8) is 0 Å². The van der Waals surface area contributed by atoms with Crippen LogP contribution in [0.2, 0.25) is 0 Å². The van der Waals surface area contributed by atoms with Gasteiger partial charge in [-0.1, -0.05) is 29.8 Å². The first kappa shape index (κ1) is 14.7. The highest BCUT2D eigenvalue weighted by Gasteiger charge is 2.14. The van der Waals surface area contributed by atoms with Crippen LogP contribution in [-0.4, -0.2) is 19.7 Å². The standard InChI is InChI=1S/C18H15N3O2S/c1-12-6-8-13(9-7-12)23-10-17-19-18-21(20-17)15(11-24-18)14-4-2-3-5-16(14)22/h2-9,11,22H,10H2,1H3. The summed E-state index contributed by atoms with van der Waals surface area (Å²) in [4.78, 5) is 5.26. The Labute approximate surface area is 142 Å². The van der Waals surface area contributed by atoms with Crippen molar-refractivity contribution in [1.29, 1.82) is 0 Å². The second kappa shape index (κ2) is 5.98. The number of phenolic OH excluding ortho intramolecular Hbond substituents is 1. The van der Waals surface area contributed by atoms with Gasteiger partial charge in [-0.25, -0.2) is 4.52 Å². The summed E-state index contributed by atoms with van der Waals surface area (Å²) in [5.74, 6) is 1.63. The van der Waals surface area contributed by atoms with Crippen LogP contribution in [0.15, 0.2) is 53.9 Å². The third-order valence-corrected chi connectivity index (χ3v) is 4.51. The summed E-state index contributed by atoms with van der Waals surface area (Å²) in [5.41, 5.74) is 2.75. The number of aromatic nitrogens is 3. The van der Waals surface area contributed by atoms with Crippen LogP contribution in [-0.2, 0) is 6.61 Å². The van der Waals surface area contributed by atoms with E-state index in [1.807, 2.05) is 48.7 Å². The Bertz CT molecular complexity index is 989. The lowest BCUT2D eigenvalue weighted by molar-refractivity contribution is 0.296. The van der Waals surface area contributed by atoms with Crippen LogP contribution in [0.25, 0.3) is 16.2 Å². The largest absolute Gasteiger partial charge is 0.507 e. The number of para-hydroxylation sites is 1. The average molecular weight is 337 g/mol. The Balaban J connectivity index is 1.60. The molecule has 2 aromatic carbocycles. The highest BCUT2D eigenvalue weighted by Crippen LogP contribution is 2.31. The molecule has 0 fully saturated rings. The van der Waals surface area contributed by atoms with Gasteiger partial charge in [0.2, 0.25) is 4.96 Å². The third-order valence-electron chi connectivity index (χ3n) is 3.69. The molecule has 2 heterocycles. The van der Waals surface area contributed by atoms with Crippen LogP contribution in [0, 0.1) is 6.92 Å². The Kier molecular flexibility index (Phi) is 3.66. The molecule has 0 aliphatic carbocycles. The molecule has 0 bridgehead atoms. The molecular formula is C18H15N3O2S. The van der Waals surface area contributed by atoms with E-state index in [-0.39, 0.29) is 5.75 Å². The smallest absolute Gasteiger partial charge is 0.212 e. The van der Waals surface area contributed by atoms with Crippen LogP contribution >= 0.6 is 11.3 Å². The molecule has 4 rings (SSSR count). The first-order valence-corrected chi connectivity index (χ1v) is 8.39. The SMILES string of the molecule is Cc1ccc(OCc2nc3scc(-c4ccccc4O)n3n2)cc1. The van der Waals surface area contributed by atoms with Crippen LogP contribution in [0.4, 0.5) is 0 Å². The number of benzene rings is 2. The van der Waals surface area contributed by atoms with Crippen LogP contribution in [0.5, 0.6) is 11.5 Å². The summed E-state index contributed by atoms with van der Waals surface area (Å²) in [7, 11) is 0. The van der Waals surface area contributed by atoms with Gasteiger partial charge in [-0.15, -0.1) is 16.4 Å². The van der Waals surface area contributed by atoms with Gasteiger partial charge in [-0.3, -0.25) is 0 Å². The maximum absolute atomic E-state index is 10.0. The maximum Gasteiger partial charge on any atom is 0.212 e. The van der Waals surface area contributed by atoms with Gasteiger partial charge in [0.05, 0.1) is 5.69 Å². The van der Waals surface area contributed by atoms with E-state index in [2.05, 4.69) is 10.1 Å². The Hall–Kier alpha value is -2.86. The van der Waals surface area contributed by atoms with E-state index in [1.165, 1.54) is 16.9 Å². The number of hydrogen-bond donors (Lipinski definition) is 1. The minimum Gasteiger partial charge on any atom is -0.507 e. The number of hydrogen-bond acceptors (Lipinski definition) is 5. The predicted molar refractivity (Wildman–Crippen MR) is 93.5 cm³/mol. The van der Waals surface area contributed by atoms with Crippen molar-refractivity contribution >= 4 is 16.3 Å². The fourth-order valence-corrected chi connectivity index (χ4v) is 3.28. The van der Waals surface area contributed by atoms with E-state index >= 15 is 0 Å². The van der Waals surface area contributed by atoms with Gasteiger partial charge in [0, 0.05) is 10.9 Å². The van der Waals surface area contributed by atoms with Crippen molar-refractivity contribution < 1.29 is 9.84 Å². The number of aromatic hydroxyl groups is 1.